The third-order valence-corrected chi connectivity index (χ3v) is 4.11. The quantitative estimate of drug-likeness (QED) is 0.888. The molecule has 0 spiro atoms. The van der Waals surface area contributed by atoms with E-state index in [1.807, 2.05) is 32.9 Å². The fourth-order valence-corrected chi connectivity index (χ4v) is 2.73. The smallest absolute Gasteiger partial charge is 0.410 e. The standard InChI is InChI=1S/C16H22Cl2N2O2/c1-16(2,3)22-15(21)20-7-6-19-12(10-20)8-11-4-5-13(17)14(18)9-11/h4-5,9,12,19H,6-8,10H2,1-3H3/t12-/m1/s1. The van der Waals surface area contributed by atoms with Gasteiger partial charge in [0.1, 0.15) is 5.60 Å². The average Bonchev–Trinajstić information content (AvgIpc) is 2.41. The fourth-order valence-electron chi connectivity index (χ4n) is 2.41. The van der Waals surface area contributed by atoms with Crippen LogP contribution in [0, 0.1) is 0 Å². The number of carbonyl (C=O) groups is 1. The minimum Gasteiger partial charge on any atom is -0.444 e. The van der Waals surface area contributed by atoms with Gasteiger partial charge >= 0.3 is 6.09 Å². The van der Waals surface area contributed by atoms with Crippen molar-refractivity contribution in [3.8, 4) is 0 Å². The SMILES string of the molecule is CC(C)(C)OC(=O)N1CCN[C@H](Cc2ccc(Cl)c(Cl)c2)C1. The Bertz CT molecular complexity index is 543. The van der Waals surface area contributed by atoms with Gasteiger partial charge in [0.25, 0.3) is 0 Å². The van der Waals surface area contributed by atoms with Crippen molar-refractivity contribution in [1.29, 1.82) is 0 Å². The first-order chi connectivity index (χ1) is 10.2. The molecule has 122 valence electrons. The molecule has 1 fully saturated rings. The molecule has 6 heteroatoms. The molecule has 1 saturated heterocycles. The fraction of sp³-hybridized carbons (Fsp3) is 0.562. The van der Waals surface area contributed by atoms with Crippen LogP contribution in [0.3, 0.4) is 0 Å². The van der Waals surface area contributed by atoms with Gasteiger partial charge in [0.15, 0.2) is 0 Å². The van der Waals surface area contributed by atoms with Crippen LogP contribution in [0.4, 0.5) is 4.79 Å². The molecule has 0 bridgehead atoms. The minimum absolute atomic E-state index is 0.179. The number of ether oxygens (including phenoxy) is 1. The molecule has 0 radical (unpaired) electrons. The molecule has 22 heavy (non-hydrogen) atoms. The van der Waals surface area contributed by atoms with E-state index in [2.05, 4.69) is 5.32 Å². The number of hydrogen-bond donors (Lipinski definition) is 1. The third kappa shape index (κ3) is 5.04. The predicted octanol–water partition coefficient (Wildman–Crippen LogP) is 3.74. The Balaban J connectivity index is 1.95. The van der Waals surface area contributed by atoms with Crippen LogP contribution in [0.15, 0.2) is 18.2 Å². The number of hydrogen-bond acceptors (Lipinski definition) is 3. The van der Waals surface area contributed by atoms with Crippen LogP contribution in [0.2, 0.25) is 10.0 Å². The van der Waals surface area contributed by atoms with Crippen molar-refractivity contribution in [3.05, 3.63) is 33.8 Å². The number of carbonyl (C=O) groups excluding carboxylic acids is 1. The van der Waals surface area contributed by atoms with Gasteiger partial charge in [-0.3, -0.25) is 0 Å². The largest absolute Gasteiger partial charge is 0.444 e. The lowest BCUT2D eigenvalue weighted by Gasteiger charge is -2.35. The van der Waals surface area contributed by atoms with E-state index >= 15 is 0 Å². The number of halogens is 2. The van der Waals surface area contributed by atoms with Gasteiger partial charge in [-0.2, -0.15) is 0 Å². The summed E-state index contributed by atoms with van der Waals surface area (Å²) in [6, 6.07) is 5.81. The number of piperazine rings is 1. The van der Waals surface area contributed by atoms with E-state index in [9.17, 15) is 4.79 Å². The lowest BCUT2D eigenvalue weighted by Crippen LogP contribution is -2.54. The summed E-state index contributed by atoms with van der Waals surface area (Å²) in [7, 11) is 0. The summed E-state index contributed by atoms with van der Waals surface area (Å²) in [5.41, 5.74) is 0.624. The van der Waals surface area contributed by atoms with E-state index in [-0.39, 0.29) is 12.1 Å². The van der Waals surface area contributed by atoms with Gasteiger partial charge in [-0.15, -0.1) is 0 Å². The highest BCUT2D eigenvalue weighted by Gasteiger charge is 2.27. The van der Waals surface area contributed by atoms with Crippen molar-refractivity contribution in [2.45, 2.75) is 38.8 Å². The molecule has 1 aliphatic rings. The molecule has 4 nitrogen and oxygen atoms in total. The maximum absolute atomic E-state index is 12.1. The van der Waals surface area contributed by atoms with Crippen LogP contribution in [0.5, 0.6) is 0 Å². The van der Waals surface area contributed by atoms with Crippen LogP contribution in [0.1, 0.15) is 26.3 Å². The van der Waals surface area contributed by atoms with Crippen LogP contribution in [0.25, 0.3) is 0 Å². The third-order valence-electron chi connectivity index (χ3n) is 3.37. The second-order valence-electron chi connectivity index (χ2n) is 6.53. The first-order valence-corrected chi connectivity index (χ1v) is 8.15. The van der Waals surface area contributed by atoms with Gasteiger partial charge in [0.05, 0.1) is 10.0 Å². The summed E-state index contributed by atoms with van der Waals surface area (Å²) < 4.78 is 5.43. The molecule has 1 amide bonds. The molecule has 0 aliphatic carbocycles. The molecule has 2 rings (SSSR count). The summed E-state index contributed by atoms with van der Waals surface area (Å²) in [6.45, 7) is 7.66. The van der Waals surface area contributed by atoms with E-state index in [1.165, 1.54) is 0 Å². The molecule has 1 heterocycles. The van der Waals surface area contributed by atoms with Crippen molar-refractivity contribution >= 4 is 29.3 Å². The van der Waals surface area contributed by atoms with E-state index in [0.717, 1.165) is 18.5 Å². The second kappa shape index (κ2) is 7.07. The normalized spacial score (nSPS) is 19.1. The van der Waals surface area contributed by atoms with E-state index in [4.69, 9.17) is 27.9 Å². The first-order valence-electron chi connectivity index (χ1n) is 7.40. The molecule has 1 aromatic rings. The van der Waals surface area contributed by atoms with Crippen LogP contribution in [-0.4, -0.2) is 42.3 Å². The Morgan fingerprint density at radius 1 is 1.36 bits per heavy atom. The highest BCUT2D eigenvalue weighted by molar-refractivity contribution is 6.42. The molecule has 1 N–H and O–H groups in total. The number of benzene rings is 1. The van der Waals surface area contributed by atoms with Gasteiger partial charge in [0, 0.05) is 25.7 Å². The lowest BCUT2D eigenvalue weighted by molar-refractivity contribution is 0.0195. The molecule has 0 aromatic heterocycles. The summed E-state index contributed by atoms with van der Waals surface area (Å²) in [5.74, 6) is 0. The van der Waals surface area contributed by atoms with Gasteiger partial charge in [-0.1, -0.05) is 29.3 Å². The van der Waals surface area contributed by atoms with E-state index in [0.29, 0.717) is 23.1 Å². The zero-order valence-corrected chi connectivity index (χ0v) is 14.7. The first kappa shape index (κ1) is 17.4. The lowest BCUT2D eigenvalue weighted by atomic mass is 10.0. The maximum atomic E-state index is 12.1. The molecular formula is C16H22Cl2N2O2. The van der Waals surface area contributed by atoms with Crippen molar-refractivity contribution in [2.75, 3.05) is 19.6 Å². The Morgan fingerprint density at radius 3 is 2.73 bits per heavy atom. The topological polar surface area (TPSA) is 41.6 Å². The Morgan fingerprint density at radius 2 is 2.09 bits per heavy atom. The molecular weight excluding hydrogens is 323 g/mol. The van der Waals surface area contributed by atoms with Crippen LogP contribution >= 0.6 is 23.2 Å². The minimum atomic E-state index is -0.471. The van der Waals surface area contributed by atoms with Gasteiger partial charge in [0.2, 0.25) is 0 Å². The number of nitrogens with one attached hydrogen (secondary N) is 1. The maximum Gasteiger partial charge on any atom is 0.410 e. The number of nitrogens with zero attached hydrogens (tertiary/aromatic N) is 1. The summed E-state index contributed by atoms with van der Waals surface area (Å²) in [5, 5.41) is 4.53. The Labute approximate surface area is 141 Å². The molecule has 1 aromatic carbocycles. The van der Waals surface area contributed by atoms with Gasteiger partial charge in [-0.25, -0.2) is 4.79 Å². The number of rotatable bonds is 2. The van der Waals surface area contributed by atoms with Gasteiger partial charge in [-0.05, 0) is 44.9 Å². The second-order valence-corrected chi connectivity index (χ2v) is 7.34. The van der Waals surface area contributed by atoms with E-state index < -0.39 is 5.60 Å². The molecule has 0 saturated carbocycles. The highest BCUT2D eigenvalue weighted by atomic mass is 35.5. The summed E-state index contributed by atoms with van der Waals surface area (Å²) in [6.07, 6.45) is 0.532. The predicted molar refractivity (Wildman–Crippen MR) is 89.8 cm³/mol. The van der Waals surface area contributed by atoms with Crippen molar-refractivity contribution in [3.63, 3.8) is 0 Å². The Kier molecular flexibility index (Phi) is 5.59. The number of amides is 1. The zero-order valence-electron chi connectivity index (χ0n) is 13.2. The molecule has 1 atom stereocenters. The van der Waals surface area contributed by atoms with Crippen molar-refractivity contribution in [2.24, 2.45) is 0 Å². The highest BCUT2D eigenvalue weighted by Crippen LogP contribution is 2.23. The summed E-state index contributed by atoms with van der Waals surface area (Å²) >= 11 is 12.0. The van der Waals surface area contributed by atoms with Crippen LogP contribution in [-0.2, 0) is 11.2 Å². The average molecular weight is 345 g/mol. The molecule has 0 unspecified atom stereocenters. The van der Waals surface area contributed by atoms with Crippen molar-refractivity contribution < 1.29 is 9.53 Å². The zero-order chi connectivity index (χ0) is 16.3. The molecule has 1 aliphatic heterocycles. The van der Waals surface area contributed by atoms with Gasteiger partial charge < -0.3 is 15.0 Å². The summed E-state index contributed by atoms with van der Waals surface area (Å²) in [4.78, 5) is 13.9. The van der Waals surface area contributed by atoms with E-state index in [1.54, 1.807) is 11.0 Å². The van der Waals surface area contributed by atoms with Crippen LogP contribution < -0.4 is 5.32 Å². The van der Waals surface area contributed by atoms with Crippen molar-refractivity contribution in [1.82, 2.24) is 10.2 Å². The Hall–Kier alpha value is -0.970. The monoisotopic (exact) mass is 344 g/mol.